The molecule has 0 aliphatic heterocycles. The quantitative estimate of drug-likeness (QED) is 0.381. The van der Waals surface area contributed by atoms with Crippen molar-refractivity contribution in [3.8, 4) is 0 Å². The number of rotatable bonds is 1. The van der Waals surface area contributed by atoms with E-state index in [0.717, 1.165) is 0 Å². The van der Waals surface area contributed by atoms with Crippen LogP contribution in [0.4, 0.5) is 0 Å². The van der Waals surface area contributed by atoms with Gasteiger partial charge in [0.05, 0.1) is 0 Å². The maximum atomic E-state index is 9.84. The summed E-state index contributed by atoms with van der Waals surface area (Å²) in [6, 6.07) is -0.671. The Bertz CT molecular complexity index is 114. The second kappa shape index (κ2) is 1.70. The molecule has 0 aromatic rings. The van der Waals surface area contributed by atoms with Gasteiger partial charge in [-0.25, -0.2) is 0 Å². The van der Waals surface area contributed by atoms with Crippen molar-refractivity contribution >= 4 is 0 Å². The van der Waals surface area contributed by atoms with E-state index >= 15 is 0 Å². The molecule has 46 valence electrons. The lowest BCUT2D eigenvalue weighted by Gasteiger charge is -2.23. The van der Waals surface area contributed by atoms with Crippen molar-refractivity contribution in [3.63, 3.8) is 0 Å². The van der Waals surface area contributed by atoms with Crippen LogP contribution in [0.25, 0.3) is 0 Å². The van der Waals surface area contributed by atoms with Gasteiger partial charge in [-0.2, -0.15) is 0 Å². The van der Waals surface area contributed by atoms with Crippen molar-refractivity contribution < 1.29 is 10.0 Å². The highest BCUT2D eigenvalue weighted by molar-refractivity contribution is 4.79. The smallest absolute Gasteiger partial charge is 0.238 e. The first kappa shape index (κ1) is 5.50. The predicted octanol–water partition coefficient (Wildman–Crippen LogP) is -0.214. The first-order valence-corrected chi connectivity index (χ1v) is 2.53. The SMILES string of the molecule is O=[N+]([O-])C1CCC1O. The van der Waals surface area contributed by atoms with Gasteiger partial charge in [-0.3, -0.25) is 10.1 Å². The zero-order valence-corrected chi connectivity index (χ0v) is 4.28. The zero-order chi connectivity index (χ0) is 6.15. The molecule has 2 atom stereocenters. The molecule has 4 nitrogen and oxygen atoms in total. The molecule has 1 rings (SSSR count). The fraction of sp³-hybridized carbons (Fsp3) is 1.00. The third-order valence-corrected chi connectivity index (χ3v) is 1.47. The molecule has 0 aromatic carbocycles. The fourth-order valence-corrected chi connectivity index (χ4v) is 0.711. The molecule has 1 aliphatic rings. The Balaban J connectivity index is 2.37. The van der Waals surface area contributed by atoms with Gasteiger partial charge >= 0.3 is 0 Å². The zero-order valence-electron chi connectivity index (χ0n) is 4.28. The highest BCUT2D eigenvalue weighted by Gasteiger charge is 2.38. The van der Waals surface area contributed by atoms with E-state index < -0.39 is 17.1 Å². The minimum Gasteiger partial charge on any atom is -0.386 e. The molecule has 1 aliphatic carbocycles. The second-order valence-corrected chi connectivity index (χ2v) is 2.00. The molecule has 0 spiro atoms. The summed E-state index contributed by atoms with van der Waals surface area (Å²) in [4.78, 5) is 9.42. The van der Waals surface area contributed by atoms with Crippen molar-refractivity contribution in [3.05, 3.63) is 10.1 Å². The molecule has 8 heavy (non-hydrogen) atoms. The summed E-state index contributed by atoms with van der Waals surface area (Å²) < 4.78 is 0. The van der Waals surface area contributed by atoms with E-state index in [1.54, 1.807) is 0 Å². The van der Waals surface area contributed by atoms with E-state index in [0.29, 0.717) is 12.8 Å². The largest absolute Gasteiger partial charge is 0.386 e. The summed E-state index contributed by atoms with van der Waals surface area (Å²) in [5.74, 6) is 0. The van der Waals surface area contributed by atoms with Crippen LogP contribution in [0.1, 0.15) is 12.8 Å². The van der Waals surface area contributed by atoms with Crippen molar-refractivity contribution in [2.24, 2.45) is 0 Å². The average molecular weight is 117 g/mol. The lowest BCUT2D eigenvalue weighted by molar-refractivity contribution is -0.549. The molecule has 0 amide bonds. The maximum absolute atomic E-state index is 9.84. The van der Waals surface area contributed by atoms with Gasteiger partial charge in [-0.15, -0.1) is 0 Å². The van der Waals surface area contributed by atoms with Gasteiger partial charge in [-0.1, -0.05) is 0 Å². The minimum absolute atomic E-state index is 0.422. The Hall–Kier alpha value is -0.640. The first-order chi connectivity index (χ1) is 3.72. The molecule has 0 aromatic heterocycles. The van der Waals surface area contributed by atoms with Gasteiger partial charge in [0.2, 0.25) is 6.04 Å². The molecular formula is C4H7NO3. The van der Waals surface area contributed by atoms with Crippen LogP contribution >= 0.6 is 0 Å². The normalized spacial score (nSPS) is 36.1. The summed E-state index contributed by atoms with van der Waals surface area (Å²) in [6.07, 6.45) is 0.449. The van der Waals surface area contributed by atoms with Crippen molar-refractivity contribution in [2.75, 3.05) is 0 Å². The number of nitrogens with zero attached hydrogens (tertiary/aromatic N) is 1. The highest BCUT2D eigenvalue weighted by atomic mass is 16.6. The van der Waals surface area contributed by atoms with E-state index in [4.69, 9.17) is 5.11 Å². The fourth-order valence-electron chi connectivity index (χ4n) is 0.711. The van der Waals surface area contributed by atoms with Gasteiger partial charge in [0.1, 0.15) is 6.10 Å². The number of nitro groups is 1. The van der Waals surface area contributed by atoms with E-state index in [2.05, 4.69) is 0 Å². The van der Waals surface area contributed by atoms with Crippen LogP contribution in [0, 0.1) is 10.1 Å². The van der Waals surface area contributed by atoms with Gasteiger partial charge in [-0.05, 0) is 6.42 Å². The number of aliphatic hydroxyl groups excluding tert-OH is 1. The predicted molar refractivity (Wildman–Crippen MR) is 26.0 cm³/mol. The monoisotopic (exact) mass is 117 g/mol. The molecule has 0 bridgehead atoms. The number of hydrogen-bond donors (Lipinski definition) is 1. The number of hydrogen-bond acceptors (Lipinski definition) is 3. The summed E-state index contributed by atoms with van der Waals surface area (Å²) in [7, 11) is 0. The lowest BCUT2D eigenvalue weighted by Crippen LogP contribution is -2.42. The highest BCUT2D eigenvalue weighted by Crippen LogP contribution is 2.21. The molecule has 1 saturated carbocycles. The van der Waals surface area contributed by atoms with E-state index in [-0.39, 0.29) is 0 Å². The molecule has 1 fully saturated rings. The van der Waals surface area contributed by atoms with E-state index in [1.807, 2.05) is 0 Å². The molecule has 0 radical (unpaired) electrons. The topological polar surface area (TPSA) is 63.4 Å². The summed E-state index contributed by atoms with van der Waals surface area (Å²) in [5.41, 5.74) is 0. The van der Waals surface area contributed by atoms with Crippen LogP contribution < -0.4 is 0 Å². The van der Waals surface area contributed by atoms with Crippen LogP contribution in [0.15, 0.2) is 0 Å². The van der Waals surface area contributed by atoms with Crippen LogP contribution in [-0.2, 0) is 0 Å². The average Bonchev–Trinajstić information content (AvgIpc) is 1.61. The van der Waals surface area contributed by atoms with Crippen LogP contribution in [-0.4, -0.2) is 22.2 Å². The summed E-state index contributed by atoms with van der Waals surface area (Å²) >= 11 is 0. The summed E-state index contributed by atoms with van der Waals surface area (Å²) in [6.45, 7) is 0. The van der Waals surface area contributed by atoms with E-state index in [1.165, 1.54) is 0 Å². The van der Waals surface area contributed by atoms with Crippen molar-refractivity contribution in [1.82, 2.24) is 0 Å². The Labute approximate surface area is 46.3 Å². The molecule has 4 heteroatoms. The molecule has 0 heterocycles. The van der Waals surface area contributed by atoms with Crippen molar-refractivity contribution in [1.29, 1.82) is 0 Å². The van der Waals surface area contributed by atoms with Gasteiger partial charge < -0.3 is 5.11 Å². The lowest BCUT2D eigenvalue weighted by atomic mass is 9.90. The third kappa shape index (κ3) is 0.667. The van der Waals surface area contributed by atoms with Crippen LogP contribution in [0.3, 0.4) is 0 Å². The Kier molecular flexibility index (Phi) is 1.17. The maximum Gasteiger partial charge on any atom is 0.238 e. The first-order valence-electron chi connectivity index (χ1n) is 2.53. The minimum atomic E-state index is -0.676. The Morgan fingerprint density at radius 1 is 1.62 bits per heavy atom. The van der Waals surface area contributed by atoms with Crippen LogP contribution in [0.5, 0.6) is 0 Å². The van der Waals surface area contributed by atoms with Gasteiger partial charge in [0.25, 0.3) is 0 Å². The molecule has 2 unspecified atom stereocenters. The van der Waals surface area contributed by atoms with Gasteiger partial charge in [0.15, 0.2) is 0 Å². The molecular weight excluding hydrogens is 110 g/mol. The van der Waals surface area contributed by atoms with E-state index in [9.17, 15) is 10.1 Å². The van der Waals surface area contributed by atoms with Crippen LogP contribution in [0.2, 0.25) is 0 Å². The second-order valence-electron chi connectivity index (χ2n) is 2.00. The standard InChI is InChI=1S/C4H7NO3/c6-4-2-1-3(4)5(7)8/h3-4,6H,1-2H2. The van der Waals surface area contributed by atoms with Crippen molar-refractivity contribution in [2.45, 2.75) is 25.0 Å². The Morgan fingerprint density at radius 2 is 2.25 bits per heavy atom. The summed E-state index contributed by atoms with van der Waals surface area (Å²) in [5, 5.41) is 18.5. The third-order valence-electron chi connectivity index (χ3n) is 1.47. The molecule has 0 saturated heterocycles. The Morgan fingerprint density at radius 3 is 2.25 bits per heavy atom. The number of aliphatic hydroxyl groups is 1. The molecule has 1 N–H and O–H groups in total. The van der Waals surface area contributed by atoms with Gasteiger partial charge in [0, 0.05) is 11.3 Å².